The fraction of sp³-hybridized carbons (Fsp3) is 0.471. The van der Waals surface area contributed by atoms with Crippen molar-refractivity contribution in [1.82, 2.24) is 4.98 Å². The van der Waals surface area contributed by atoms with Crippen LogP contribution in [0.2, 0.25) is 0 Å². The van der Waals surface area contributed by atoms with Crippen LogP contribution in [0, 0.1) is 5.92 Å². The fourth-order valence-corrected chi connectivity index (χ4v) is 3.27. The molecule has 3 heteroatoms. The van der Waals surface area contributed by atoms with Gasteiger partial charge < -0.3 is 10.0 Å². The third-order valence-electron chi connectivity index (χ3n) is 4.30. The maximum absolute atomic E-state index is 9.41. The smallest absolute Gasteiger partial charge is 0.136 e. The summed E-state index contributed by atoms with van der Waals surface area (Å²) in [6, 6.07) is 10.3. The molecule has 106 valence electrons. The zero-order valence-corrected chi connectivity index (χ0v) is 12.0. The number of pyridine rings is 1. The lowest BCUT2D eigenvalue weighted by Gasteiger charge is -2.24. The number of hydrogen-bond acceptors (Lipinski definition) is 3. The summed E-state index contributed by atoms with van der Waals surface area (Å²) in [6.07, 6.45) is 5.40. The molecule has 1 aliphatic carbocycles. The van der Waals surface area contributed by atoms with Gasteiger partial charge in [-0.25, -0.2) is 4.98 Å². The van der Waals surface area contributed by atoms with E-state index in [2.05, 4.69) is 35.1 Å². The summed E-state index contributed by atoms with van der Waals surface area (Å²) in [5.41, 5.74) is 0.747. The van der Waals surface area contributed by atoms with Gasteiger partial charge in [0.15, 0.2) is 0 Å². The molecule has 0 spiro atoms. The first-order chi connectivity index (χ1) is 9.78. The van der Waals surface area contributed by atoms with Crippen LogP contribution < -0.4 is 4.90 Å². The Kier molecular flexibility index (Phi) is 3.88. The predicted molar refractivity (Wildman–Crippen MR) is 82.9 cm³/mol. The number of aliphatic hydroxyl groups excluding tert-OH is 1. The molecule has 1 aromatic carbocycles. The van der Waals surface area contributed by atoms with E-state index in [1.54, 1.807) is 0 Å². The monoisotopic (exact) mass is 270 g/mol. The summed E-state index contributed by atoms with van der Waals surface area (Å²) in [4.78, 5) is 6.90. The van der Waals surface area contributed by atoms with Crippen molar-refractivity contribution in [2.24, 2.45) is 5.92 Å². The molecule has 0 radical (unpaired) electrons. The Morgan fingerprint density at radius 3 is 2.75 bits per heavy atom. The van der Waals surface area contributed by atoms with Crippen LogP contribution in [0.15, 0.2) is 30.3 Å². The number of aliphatic hydroxyl groups is 1. The first kappa shape index (κ1) is 13.4. The van der Waals surface area contributed by atoms with Gasteiger partial charge in [0.1, 0.15) is 5.82 Å². The van der Waals surface area contributed by atoms with Crippen molar-refractivity contribution in [3.05, 3.63) is 36.0 Å². The Labute approximate surface area is 120 Å². The van der Waals surface area contributed by atoms with Crippen LogP contribution in [-0.4, -0.2) is 23.7 Å². The Morgan fingerprint density at radius 2 is 2.00 bits per heavy atom. The summed E-state index contributed by atoms with van der Waals surface area (Å²) < 4.78 is 0. The number of anilines is 1. The average molecular weight is 270 g/mol. The van der Waals surface area contributed by atoms with E-state index in [9.17, 15) is 5.11 Å². The minimum absolute atomic E-state index is 0.00486. The molecule has 0 saturated heterocycles. The van der Waals surface area contributed by atoms with Crippen molar-refractivity contribution in [1.29, 1.82) is 0 Å². The highest BCUT2D eigenvalue weighted by Gasteiger charge is 2.18. The molecule has 0 atom stereocenters. The SMILES string of the molecule is CN(CC1CCCC1)c1nc(CO)cc2ccccc12. The van der Waals surface area contributed by atoms with E-state index >= 15 is 0 Å². The number of benzene rings is 1. The van der Waals surface area contributed by atoms with E-state index in [1.165, 1.54) is 31.1 Å². The highest BCUT2D eigenvalue weighted by atomic mass is 16.3. The molecule has 1 heterocycles. The number of rotatable bonds is 4. The molecule has 1 N–H and O–H groups in total. The number of hydrogen-bond donors (Lipinski definition) is 1. The summed E-state index contributed by atoms with van der Waals surface area (Å²) in [7, 11) is 2.12. The maximum atomic E-state index is 9.41. The van der Waals surface area contributed by atoms with Crippen molar-refractivity contribution in [3.8, 4) is 0 Å². The molecule has 1 fully saturated rings. The number of fused-ring (bicyclic) bond motifs is 1. The van der Waals surface area contributed by atoms with Crippen LogP contribution in [0.3, 0.4) is 0 Å². The summed E-state index contributed by atoms with van der Waals surface area (Å²) in [5.74, 6) is 1.79. The van der Waals surface area contributed by atoms with Gasteiger partial charge in [0.05, 0.1) is 12.3 Å². The lowest BCUT2D eigenvalue weighted by atomic mass is 10.1. The second-order valence-electron chi connectivity index (χ2n) is 5.85. The van der Waals surface area contributed by atoms with Gasteiger partial charge in [-0.3, -0.25) is 0 Å². The van der Waals surface area contributed by atoms with Crippen LogP contribution in [0.5, 0.6) is 0 Å². The molecule has 3 rings (SSSR count). The molecular formula is C17H22N2O. The zero-order valence-electron chi connectivity index (χ0n) is 12.0. The molecule has 0 unspecified atom stereocenters. The van der Waals surface area contributed by atoms with Crippen LogP contribution in [0.25, 0.3) is 10.8 Å². The lowest BCUT2D eigenvalue weighted by Crippen LogP contribution is -2.25. The molecule has 20 heavy (non-hydrogen) atoms. The van der Waals surface area contributed by atoms with Crippen molar-refractivity contribution in [2.45, 2.75) is 32.3 Å². The van der Waals surface area contributed by atoms with Gasteiger partial charge in [-0.1, -0.05) is 37.1 Å². The summed E-state index contributed by atoms with van der Waals surface area (Å²) >= 11 is 0. The summed E-state index contributed by atoms with van der Waals surface area (Å²) in [6.45, 7) is 1.06. The Hall–Kier alpha value is -1.61. The fourth-order valence-electron chi connectivity index (χ4n) is 3.27. The van der Waals surface area contributed by atoms with E-state index < -0.39 is 0 Å². The molecule has 2 aromatic rings. The molecule has 0 amide bonds. The van der Waals surface area contributed by atoms with Crippen LogP contribution in [0.4, 0.5) is 5.82 Å². The Morgan fingerprint density at radius 1 is 1.25 bits per heavy atom. The highest BCUT2D eigenvalue weighted by molar-refractivity contribution is 5.92. The first-order valence-corrected chi connectivity index (χ1v) is 7.48. The Balaban J connectivity index is 1.95. The third kappa shape index (κ3) is 2.63. The number of nitrogens with zero attached hydrogens (tertiary/aromatic N) is 2. The minimum atomic E-state index is -0.00486. The van der Waals surface area contributed by atoms with Gasteiger partial charge in [-0.05, 0) is 30.2 Å². The molecule has 1 aliphatic rings. The molecule has 0 bridgehead atoms. The van der Waals surface area contributed by atoms with Crippen LogP contribution in [-0.2, 0) is 6.61 Å². The van der Waals surface area contributed by atoms with Gasteiger partial charge in [0, 0.05) is 19.0 Å². The molecule has 0 aliphatic heterocycles. The van der Waals surface area contributed by atoms with Crippen LogP contribution >= 0.6 is 0 Å². The Bertz CT molecular complexity index is 591. The van der Waals surface area contributed by atoms with Gasteiger partial charge in [-0.2, -0.15) is 0 Å². The van der Waals surface area contributed by atoms with Crippen molar-refractivity contribution < 1.29 is 5.11 Å². The van der Waals surface area contributed by atoms with Crippen molar-refractivity contribution in [2.75, 3.05) is 18.5 Å². The predicted octanol–water partition coefficient (Wildman–Crippen LogP) is 3.35. The normalized spacial score (nSPS) is 15.9. The average Bonchev–Trinajstić information content (AvgIpc) is 2.98. The van der Waals surface area contributed by atoms with Crippen molar-refractivity contribution in [3.63, 3.8) is 0 Å². The second kappa shape index (κ2) is 5.80. The largest absolute Gasteiger partial charge is 0.390 e. The number of aromatic nitrogens is 1. The molecule has 3 nitrogen and oxygen atoms in total. The van der Waals surface area contributed by atoms with E-state index in [0.29, 0.717) is 0 Å². The highest BCUT2D eigenvalue weighted by Crippen LogP contribution is 2.29. The first-order valence-electron chi connectivity index (χ1n) is 7.48. The van der Waals surface area contributed by atoms with Crippen molar-refractivity contribution >= 4 is 16.6 Å². The molecular weight excluding hydrogens is 248 g/mol. The topological polar surface area (TPSA) is 36.4 Å². The van der Waals surface area contributed by atoms with Gasteiger partial charge in [0.2, 0.25) is 0 Å². The molecule has 1 saturated carbocycles. The van der Waals surface area contributed by atoms with Gasteiger partial charge in [0.25, 0.3) is 0 Å². The standard InChI is InChI=1S/C17H22N2O/c1-19(11-13-6-2-3-7-13)17-16-9-5-4-8-14(16)10-15(12-20)18-17/h4-5,8-10,13,20H,2-3,6-7,11-12H2,1H3. The van der Waals surface area contributed by atoms with E-state index in [1.807, 2.05) is 12.1 Å². The quantitative estimate of drug-likeness (QED) is 0.925. The van der Waals surface area contributed by atoms with Crippen LogP contribution in [0.1, 0.15) is 31.4 Å². The minimum Gasteiger partial charge on any atom is -0.390 e. The summed E-state index contributed by atoms with van der Waals surface area (Å²) in [5, 5.41) is 11.7. The lowest BCUT2D eigenvalue weighted by molar-refractivity contribution is 0.277. The molecule has 1 aromatic heterocycles. The third-order valence-corrected chi connectivity index (χ3v) is 4.30. The second-order valence-corrected chi connectivity index (χ2v) is 5.85. The van der Waals surface area contributed by atoms with E-state index in [4.69, 9.17) is 0 Å². The van der Waals surface area contributed by atoms with E-state index in [0.717, 1.165) is 29.4 Å². The maximum Gasteiger partial charge on any atom is 0.136 e. The van der Waals surface area contributed by atoms with E-state index in [-0.39, 0.29) is 6.61 Å². The van der Waals surface area contributed by atoms with Gasteiger partial charge in [-0.15, -0.1) is 0 Å². The van der Waals surface area contributed by atoms with Gasteiger partial charge >= 0.3 is 0 Å². The zero-order chi connectivity index (χ0) is 13.9.